The molecule has 2 aliphatic rings. The molecule has 52 heavy (non-hydrogen) atoms. The van der Waals surface area contributed by atoms with E-state index in [2.05, 4.69) is 19.9 Å². The summed E-state index contributed by atoms with van der Waals surface area (Å²) in [5.41, 5.74) is -0.701. The van der Waals surface area contributed by atoms with Crippen LogP contribution in [0.3, 0.4) is 0 Å². The van der Waals surface area contributed by atoms with Crippen molar-refractivity contribution in [3.63, 3.8) is 0 Å². The van der Waals surface area contributed by atoms with Gasteiger partial charge in [0.25, 0.3) is 0 Å². The summed E-state index contributed by atoms with van der Waals surface area (Å²) in [5, 5.41) is 11.4. The summed E-state index contributed by atoms with van der Waals surface area (Å²) in [6, 6.07) is 0. The zero-order valence-electron chi connectivity index (χ0n) is 33.5. The summed E-state index contributed by atoms with van der Waals surface area (Å²) in [6.07, 6.45) is 7.51. The molecule has 0 saturated carbocycles. The Morgan fingerprint density at radius 2 is 1.62 bits per heavy atom. The summed E-state index contributed by atoms with van der Waals surface area (Å²) < 4.78 is 29.1. The normalized spacial score (nSPS) is 29.4. The van der Waals surface area contributed by atoms with Crippen LogP contribution in [0.15, 0.2) is 36.0 Å². The second-order valence-corrected chi connectivity index (χ2v) is 14.5. The fourth-order valence-electron chi connectivity index (χ4n) is 6.62. The predicted octanol–water partition coefficient (Wildman–Crippen LogP) is 6.99. The average molecular weight is 735 g/mol. The quantitative estimate of drug-likeness (QED) is 0.0614. The maximum atomic E-state index is 13.3. The van der Waals surface area contributed by atoms with Crippen molar-refractivity contribution in [1.29, 1.82) is 0 Å². The van der Waals surface area contributed by atoms with Crippen LogP contribution in [0.25, 0.3) is 0 Å². The zero-order chi connectivity index (χ0) is 39.2. The fraction of sp³-hybridized carbons (Fsp3) is 0.750. The standard InChI is InChI=1S/C40H66N2O10/c1-12-32(51-39(46)42(15-4)16-5)29(9)37-33(50-37)24-26(6)18-17-19-27(7)36-28(8)20-21-34(48-30(10)43)40(11,47)23-22-31(25-35(44)52-36)49-38(45)41(13-2)14-3/h17-21,26,28-29,31-34,36-37,47H,12-16,22-25H2,1-11H3/b18-17+,21-20-,27-19+. The zero-order valence-corrected chi connectivity index (χ0v) is 33.5. The monoisotopic (exact) mass is 734 g/mol. The largest absolute Gasteiger partial charge is 0.457 e. The van der Waals surface area contributed by atoms with E-state index in [1.807, 2.05) is 60.6 Å². The highest BCUT2D eigenvalue weighted by Gasteiger charge is 2.46. The van der Waals surface area contributed by atoms with Crippen molar-refractivity contribution in [3.05, 3.63) is 36.0 Å². The van der Waals surface area contributed by atoms with Gasteiger partial charge in [0.1, 0.15) is 30.0 Å². The van der Waals surface area contributed by atoms with Crippen LogP contribution in [0.2, 0.25) is 0 Å². The van der Waals surface area contributed by atoms with Crippen molar-refractivity contribution in [3.8, 4) is 0 Å². The number of amides is 2. The molecule has 0 radical (unpaired) electrons. The first kappa shape index (κ1) is 44.8. The van der Waals surface area contributed by atoms with Crippen LogP contribution in [0.5, 0.6) is 0 Å². The van der Waals surface area contributed by atoms with Gasteiger partial charge in [-0.25, -0.2) is 9.59 Å². The molecule has 2 rings (SSSR count). The molecule has 12 heteroatoms. The average Bonchev–Trinajstić information content (AvgIpc) is 3.85. The van der Waals surface area contributed by atoms with E-state index in [9.17, 15) is 24.3 Å². The van der Waals surface area contributed by atoms with Gasteiger partial charge in [-0.05, 0) is 84.8 Å². The lowest BCUT2D eigenvalue weighted by atomic mass is 9.88. The Balaban J connectivity index is 2.19. The number of rotatable bonds is 15. The Kier molecular flexibility index (Phi) is 18.4. The van der Waals surface area contributed by atoms with Gasteiger partial charge in [0.2, 0.25) is 0 Å². The summed E-state index contributed by atoms with van der Waals surface area (Å²) in [5.74, 6) is -1.15. The highest BCUT2D eigenvalue weighted by molar-refractivity contribution is 5.72. The van der Waals surface area contributed by atoms with Crippen LogP contribution in [-0.4, -0.2) is 107 Å². The van der Waals surface area contributed by atoms with Crippen LogP contribution in [0.4, 0.5) is 9.59 Å². The molecule has 12 nitrogen and oxygen atoms in total. The number of nitrogens with zero attached hydrogens (tertiary/aromatic N) is 2. The van der Waals surface area contributed by atoms with E-state index in [1.165, 1.54) is 11.8 Å². The van der Waals surface area contributed by atoms with Gasteiger partial charge in [0, 0.05) is 44.9 Å². The van der Waals surface area contributed by atoms with Gasteiger partial charge >= 0.3 is 24.1 Å². The second-order valence-electron chi connectivity index (χ2n) is 14.5. The molecular weight excluding hydrogens is 668 g/mol. The van der Waals surface area contributed by atoms with Gasteiger partial charge in [-0.3, -0.25) is 9.59 Å². The minimum absolute atomic E-state index is 0.0255. The van der Waals surface area contributed by atoms with E-state index >= 15 is 0 Å². The van der Waals surface area contributed by atoms with E-state index in [0.29, 0.717) is 32.6 Å². The highest BCUT2D eigenvalue weighted by atomic mass is 16.6. The van der Waals surface area contributed by atoms with Crippen LogP contribution in [-0.2, 0) is 33.3 Å². The van der Waals surface area contributed by atoms with E-state index in [-0.39, 0.29) is 61.4 Å². The number of epoxide rings is 1. The highest BCUT2D eigenvalue weighted by Crippen LogP contribution is 2.37. The third-order valence-corrected chi connectivity index (χ3v) is 10.1. The van der Waals surface area contributed by atoms with Crippen molar-refractivity contribution in [2.24, 2.45) is 17.8 Å². The molecule has 0 aromatic carbocycles. The third kappa shape index (κ3) is 13.9. The first-order valence-electron chi connectivity index (χ1n) is 19.2. The van der Waals surface area contributed by atoms with Crippen LogP contribution in [0, 0.1) is 17.8 Å². The molecule has 2 aliphatic heterocycles. The number of hydrogen-bond acceptors (Lipinski definition) is 10. The Morgan fingerprint density at radius 1 is 1.00 bits per heavy atom. The van der Waals surface area contributed by atoms with Crippen LogP contribution in [0.1, 0.15) is 108 Å². The van der Waals surface area contributed by atoms with Gasteiger partial charge in [-0.1, -0.05) is 52.0 Å². The summed E-state index contributed by atoms with van der Waals surface area (Å²) in [4.78, 5) is 53.9. The number of esters is 2. The molecule has 1 saturated heterocycles. The minimum atomic E-state index is -1.49. The minimum Gasteiger partial charge on any atom is -0.457 e. The van der Waals surface area contributed by atoms with Crippen molar-refractivity contribution in [2.45, 2.75) is 150 Å². The number of carbonyl (C=O) groups is 4. The molecule has 2 amide bonds. The number of aliphatic hydroxyl groups is 1. The molecule has 10 atom stereocenters. The molecule has 0 spiro atoms. The molecule has 0 bridgehead atoms. The van der Waals surface area contributed by atoms with Gasteiger partial charge in [-0.15, -0.1) is 0 Å². The molecule has 0 aromatic rings. The van der Waals surface area contributed by atoms with E-state index in [0.717, 1.165) is 12.0 Å². The number of ether oxygens (including phenoxy) is 5. The summed E-state index contributed by atoms with van der Waals surface area (Å²) >= 11 is 0. The molecule has 1 fully saturated rings. The Hall–Kier alpha value is -3.38. The molecule has 2 heterocycles. The molecule has 0 aromatic heterocycles. The molecule has 296 valence electrons. The summed E-state index contributed by atoms with van der Waals surface area (Å²) in [7, 11) is 0. The summed E-state index contributed by atoms with van der Waals surface area (Å²) in [6.45, 7) is 22.5. The molecule has 1 N–H and O–H groups in total. The van der Waals surface area contributed by atoms with Gasteiger partial charge < -0.3 is 38.6 Å². The Labute approximate surface area is 311 Å². The van der Waals surface area contributed by atoms with Crippen molar-refractivity contribution >= 4 is 24.1 Å². The second kappa shape index (κ2) is 21.4. The van der Waals surface area contributed by atoms with Crippen molar-refractivity contribution in [1.82, 2.24) is 9.80 Å². The number of carbonyl (C=O) groups excluding carboxylic acids is 4. The fourth-order valence-corrected chi connectivity index (χ4v) is 6.62. The van der Waals surface area contributed by atoms with Crippen LogP contribution >= 0.6 is 0 Å². The molecular formula is C40H66N2O10. The van der Waals surface area contributed by atoms with Crippen molar-refractivity contribution < 1.29 is 48.0 Å². The van der Waals surface area contributed by atoms with Gasteiger partial charge in [0.05, 0.1) is 18.6 Å². The van der Waals surface area contributed by atoms with Gasteiger partial charge in [-0.2, -0.15) is 0 Å². The lowest BCUT2D eigenvalue weighted by molar-refractivity contribution is -0.157. The first-order chi connectivity index (χ1) is 24.5. The first-order valence-corrected chi connectivity index (χ1v) is 19.2. The van der Waals surface area contributed by atoms with Gasteiger partial charge in [0.15, 0.2) is 0 Å². The topological polar surface area (TPSA) is 144 Å². The number of cyclic esters (lactones) is 1. The smallest absolute Gasteiger partial charge is 0.410 e. The third-order valence-electron chi connectivity index (χ3n) is 10.1. The maximum Gasteiger partial charge on any atom is 0.410 e. The molecule has 0 aliphatic carbocycles. The number of hydrogen-bond donors (Lipinski definition) is 1. The Bertz CT molecular complexity index is 1250. The number of allylic oxidation sites excluding steroid dienone is 3. The molecule has 10 unspecified atom stereocenters. The van der Waals surface area contributed by atoms with Crippen molar-refractivity contribution in [2.75, 3.05) is 26.2 Å². The van der Waals surface area contributed by atoms with E-state index < -0.39 is 41.9 Å². The lowest BCUT2D eigenvalue weighted by Gasteiger charge is -2.33. The lowest BCUT2D eigenvalue weighted by Crippen LogP contribution is -2.43. The Morgan fingerprint density at radius 3 is 2.19 bits per heavy atom. The SMILES string of the molecule is CCC(OC(=O)N(CC)CC)C(C)C1OC1CC(C)/C=C/C=C(\C)C1OC(=O)CC(OC(=O)N(CC)CC)CCC(C)(O)C(OC(C)=O)/C=C\C1C. The van der Waals surface area contributed by atoms with E-state index in [1.54, 1.807) is 24.0 Å². The van der Waals surface area contributed by atoms with Crippen LogP contribution < -0.4 is 0 Å². The maximum absolute atomic E-state index is 13.3. The predicted molar refractivity (Wildman–Crippen MR) is 199 cm³/mol. The van der Waals surface area contributed by atoms with E-state index in [4.69, 9.17) is 23.7 Å².